The first-order valence-corrected chi connectivity index (χ1v) is 7.55. The number of ether oxygens (including phenoxy) is 1. The van der Waals surface area contributed by atoms with Crippen molar-refractivity contribution >= 4 is 11.6 Å². The number of benzene rings is 1. The minimum absolute atomic E-state index is 0.283. The van der Waals surface area contributed by atoms with Crippen molar-refractivity contribution in [3.63, 3.8) is 0 Å². The Hall–Kier alpha value is -2.34. The van der Waals surface area contributed by atoms with Gasteiger partial charge in [-0.3, -0.25) is 4.79 Å². The Balaban J connectivity index is 1.95. The van der Waals surface area contributed by atoms with Gasteiger partial charge in [0.2, 0.25) is 0 Å². The summed E-state index contributed by atoms with van der Waals surface area (Å²) in [5, 5.41) is 0. The van der Waals surface area contributed by atoms with Crippen LogP contribution in [-0.2, 0) is 16.1 Å². The zero-order valence-corrected chi connectivity index (χ0v) is 13.0. The van der Waals surface area contributed by atoms with Gasteiger partial charge in [-0.05, 0) is 24.3 Å². The van der Waals surface area contributed by atoms with E-state index in [4.69, 9.17) is 4.74 Å². The van der Waals surface area contributed by atoms with Crippen LogP contribution in [-0.4, -0.2) is 36.0 Å². The topological polar surface area (TPSA) is 55.3 Å². The zero-order valence-electron chi connectivity index (χ0n) is 13.0. The van der Waals surface area contributed by atoms with Crippen molar-refractivity contribution in [2.75, 3.05) is 25.1 Å². The van der Waals surface area contributed by atoms with E-state index in [1.54, 1.807) is 19.2 Å². The van der Waals surface area contributed by atoms with Crippen molar-refractivity contribution in [2.45, 2.75) is 19.4 Å². The van der Waals surface area contributed by atoms with Crippen LogP contribution in [0.3, 0.4) is 0 Å². The van der Waals surface area contributed by atoms with E-state index in [9.17, 15) is 9.18 Å². The Bertz CT molecular complexity index is 693. The molecule has 0 amide bonds. The molecule has 0 N–H and O–H groups in total. The van der Waals surface area contributed by atoms with Gasteiger partial charge in [-0.25, -0.2) is 14.4 Å². The van der Waals surface area contributed by atoms with Crippen molar-refractivity contribution in [3.05, 3.63) is 41.8 Å². The predicted molar refractivity (Wildman–Crippen MR) is 84.6 cm³/mol. The van der Waals surface area contributed by atoms with Gasteiger partial charge in [0.1, 0.15) is 17.4 Å². The molecule has 5 nitrogen and oxygen atoms in total. The standard InChI is InChI=1S/C17H18FN3O2/c1-23-11-14-10-16(21-8-6-15(22)7-9-21)20-17(19-14)12-2-4-13(18)5-3-12/h2-5,10H,6-9,11H2,1H3. The van der Waals surface area contributed by atoms with E-state index in [1.807, 2.05) is 6.07 Å². The normalized spacial score (nSPS) is 15.0. The predicted octanol–water partition coefficient (Wildman–Crippen LogP) is 2.60. The molecule has 0 saturated carbocycles. The summed E-state index contributed by atoms with van der Waals surface area (Å²) in [7, 11) is 1.61. The summed E-state index contributed by atoms with van der Waals surface area (Å²) >= 11 is 0. The largest absolute Gasteiger partial charge is 0.378 e. The van der Waals surface area contributed by atoms with Crippen LogP contribution in [0.15, 0.2) is 30.3 Å². The number of nitrogens with zero attached hydrogens (tertiary/aromatic N) is 3. The number of methoxy groups -OCH3 is 1. The highest BCUT2D eigenvalue weighted by molar-refractivity contribution is 5.80. The second-order valence-corrected chi connectivity index (χ2v) is 5.51. The third kappa shape index (κ3) is 3.71. The van der Waals surface area contributed by atoms with Gasteiger partial charge in [-0.2, -0.15) is 0 Å². The van der Waals surface area contributed by atoms with E-state index in [-0.39, 0.29) is 11.6 Å². The minimum Gasteiger partial charge on any atom is -0.378 e. The number of hydrogen-bond acceptors (Lipinski definition) is 5. The Morgan fingerprint density at radius 2 is 1.87 bits per heavy atom. The molecular weight excluding hydrogens is 297 g/mol. The summed E-state index contributed by atoms with van der Waals surface area (Å²) in [5.74, 6) is 1.30. The molecule has 1 aliphatic heterocycles. The molecule has 1 aromatic carbocycles. The number of piperidine rings is 1. The van der Waals surface area contributed by atoms with Crippen LogP contribution in [0.2, 0.25) is 0 Å². The number of aromatic nitrogens is 2. The number of carbonyl (C=O) groups excluding carboxylic acids is 1. The number of Topliss-reactive ketones (excluding diaryl/α,β-unsaturated/α-hetero) is 1. The number of anilines is 1. The van der Waals surface area contributed by atoms with E-state index in [1.165, 1.54) is 12.1 Å². The molecule has 0 spiro atoms. The van der Waals surface area contributed by atoms with Crippen LogP contribution in [0, 0.1) is 5.82 Å². The number of ketones is 1. The molecule has 0 atom stereocenters. The average Bonchev–Trinajstić information content (AvgIpc) is 2.56. The quantitative estimate of drug-likeness (QED) is 0.868. The number of carbonyl (C=O) groups is 1. The first-order chi connectivity index (χ1) is 11.2. The van der Waals surface area contributed by atoms with Crippen LogP contribution in [0.25, 0.3) is 11.4 Å². The molecule has 1 fully saturated rings. The Kier molecular flexibility index (Phi) is 4.62. The van der Waals surface area contributed by atoms with Crippen LogP contribution < -0.4 is 4.90 Å². The molecule has 3 rings (SSSR count). The Morgan fingerprint density at radius 3 is 2.52 bits per heavy atom. The van der Waals surface area contributed by atoms with Gasteiger partial charge in [0.05, 0.1) is 12.3 Å². The molecule has 0 aliphatic carbocycles. The molecule has 0 radical (unpaired) electrons. The molecule has 0 bridgehead atoms. The molecule has 2 heterocycles. The monoisotopic (exact) mass is 315 g/mol. The van der Waals surface area contributed by atoms with Gasteiger partial charge >= 0.3 is 0 Å². The average molecular weight is 315 g/mol. The van der Waals surface area contributed by atoms with Gasteiger partial charge in [-0.15, -0.1) is 0 Å². The van der Waals surface area contributed by atoms with Gasteiger partial charge in [-0.1, -0.05) is 0 Å². The fourth-order valence-corrected chi connectivity index (χ4v) is 2.58. The molecule has 2 aromatic rings. The van der Waals surface area contributed by atoms with Crippen LogP contribution in [0.5, 0.6) is 0 Å². The number of hydrogen-bond donors (Lipinski definition) is 0. The summed E-state index contributed by atoms with van der Waals surface area (Å²) in [6.07, 6.45) is 1.07. The fourth-order valence-electron chi connectivity index (χ4n) is 2.58. The SMILES string of the molecule is COCc1cc(N2CCC(=O)CC2)nc(-c2ccc(F)cc2)n1. The van der Waals surface area contributed by atoms with Crippen molar-refractivity contribution in [1.29, 1.82) is 0 Å². The maximum Gasteiger partial charge on any atom is 0.161 e. The third-order valence-electron chi connectivity index (χ3n) is 3.81. The molecule has 120 valence electrons. The van der Waals surface area contributed by atoms with E-state index >= 15 is 0 Å². The second-order valence-electron chi connectivity index (χ2n) is 5.51. The highest BCUT2D eigenvalue weighted by Crippen LogP contribution is 2.23. The van der Waals surface area contributed by atoms with Gasteiger partial charge < -0.3 is 9.64 Å². The van der Waals surface area contributed by atoms with E-state index in [0.29, 0.717) is 38.4 Å². The summed E-state index contributed by atoms with van der Waals surface area (Å²) in [6, 6.07) is 7.98. The van der Waals surface area contributed by atoms with E-state index < -0.39 is 0 Å². The molecule has 0 unspecified atom stereocenters. The maximum absolute atomic E-state index is 13.1. The van der Waals surface area contributed by atoms with Crippen molar-refractivity contribution in [3.8, 4) is 11.4 Å². The van der Waals surface area contributed by atoms with Crippen LogP contribution >= 0.6 is 0 Å². The van der Waals surface area contributed by atoms with E-state index in [0.717, 1.165) is 17.1 Å². The second kappa shape index (κ2) is 6.83. The summed E-state index contributed by atoms with van der Waals surface area (Å²) < 4.78 is 18.3. The van der Waals surface area contributed by atoms with Gasteiger partial charge in [0, 0.05) is 44.7 Å². The lowest BCUT2D eigenvalue weighted by atomic mass is 10.1. The Morgan fingerprint density at radius 1 is 1.17 bits per heavy atom. The Labute approximate surface area is 134 Å². The highest BCUT2D eigenvalue weighted by Gasteiger charge is 2.19. The zero-order chi connectivity index (χ0) is 16.2. The molecular formula is C17H18FN3O2. The van der Waals surface area contributed by atoms with Crippen molar-refractivity contribution < 1.29 is 13.9 Å². The maximum atomic E-state index is 13.1. The van der Waals surface area contributed by atoms with Crippen LogP contribution in [0.4, 0.5) is 10.2 Å². The van der Waals surface area contributed by atoms with Gasteiger partial charge in [0.15, 0.2) is 5.82 Å². The van der Waals surface area contributed by atoms with Crippen LogP contribution in [0.1, 0.15) is 18.5 Å². The summed E-state index contributed by atoms with van der Waals surface area (Å²) in [5.41, 5.74) is 1.51. The lowest BCUT2D eigenvalue weighted by Crippen LogP contribution is -2.34. The molecule has 23 heavy (non-hydrogen) atoms. The van der Waals surface area contributed by atoms with E-state index in [2.05, 4.69) is 14.9 Å². The lowest BCUT2D eigenvalue weighted by Gasteiger charge is -2.27. The lowest BCUT2D eigenvalue weighted by molar-refractivity contribution is -0.119. The fraction of sp³-hybridized carbons (Fsp3) is 0.353. The minimum atomic E-state index is -0.295. The molecule has 1 saturated heterocycles. The smallest absolute Gasteiger partial charge is 0.161 e. The summed E-state index contributed by atoms with van der Waals surface area (Å²) in [6.45, 7) is 1.69. The number of rotatable bonds is 4. The molecule has 6 heteroatoms. The molecule has 1 aliphatic rings. The van der Waals surface area contributed by atoms with Gasteiger partial charge in [0.25, 0.3) is 0 Å². The highest BCUT2D eigenvalue weighted by atomic mass is 19.1. The van der Waals surface area contributed by atoms with Crippen molar-refractivity contribution in [2.24, 2.45) is 0 Å². The van der Waals surface area contributed by atoms with Crippen molar-refractivity contribution in [1.82, 2.24) is 9.97 Å². The molecule has 1 aromatic heterocycles. The summed E-state index contributed by atoms with van der Waals surface area (Å²) in [4.78, 5) is 22.6. The first-order valence-electron chi connectivity index (χ1n) is 7.55. The first kappa shape index (κ1) is 15.6. The third-order valence-corrected chi connectivity index (χ3v) is 3.81. The number of halogens is 1.